The van der Waals surface area contributed by atoms with Crippen LogP contribution in [-0.4, -0.2) is 43.2 Å². The predicted octanol–water partition coefficient (Wildman–Crippen LogP) is 0.169. The first kappa shape index (κ1) is 17.2. The highest BCUT2D eigenvalue weighted by Gasteiger charge is 2.26. The van der Waals surface area contributed by atoms with Crippen LogP contribution in [0.4, 0.5) is 4.79 Å². The molecular weight excluding hydrogens is 250 g/mol. The quantitative estimate of drug-likeness (QED) is 0.530. The fourth-order valence-corrected chi connectivity index (χ4v) is 1.42. The van der Waals surface area contributed by atoms with E-state index < -0.39 is 17.4 Å². The summed E-state index contributed by atoms with van der Waals surface area (Å²) in [5, 5.41) is 16.3. The average Bonchev–Trinajstić information content (AvgIpc) is 2.32. The van der Waals surface area contributed by atoms with Crippen molar-refractivity contribution in [2.45, 2.75) is 27.2 Å². The van der Waals surface area contributed by atoms with Crippen LogP contribution in [0.15, 0.2) is 0 Å². The van der Waals surface area contributed by atoms with E-state index in [1.807, 2.05) is 0 Å². The van der Waals surface area contributed by atoms with Crippen molar-refractivity contribution >= 4 is 17.9 Å². The van der Waals surface area contributed by atoms with Gasteiger partial charge in [-0.15, -0.1) is 0 Å². The van der Waals surface area contributed by atoms with Crippen molar-refractivity contribution < 1.29 is 19.5 Å². The lowest BCUT2D eigenvalue weighted by atomic mass is 9.92. The smallest absolute Gasteiger partial charge is 0.314 e. The van der Waals surface area contributed by atoms with Gasteiger partial charge >= 0.3 is 12.0 Å². The molecule has 1 atom stereocenters. The van der Waals surface area contributed by atoms with Gasteiger partial charge in [-0.05, 0) is 19.8 Å². The molecule has 4 N–H and O–H groups in total. The van der Waals surface area contributed by atoms with Crippen LogP contribution >= 0.6 is 0 Å². The van der Waals surface area contributed by atoms with Gasteiger partial charge in [0.15, 0.2) is 0 Å². The standard InChI is InChI=1S/C12H23N3O4/c1-8(5-9(16)17)6-14-11(19)15-7-12(2,3)10(18)13-4/h8H,5-7H2,1-4H3,(H,13,18)(H,16,17)(H2,14,15,19). The lowest BCUT2D eigenvalue weighted by Crippen LogP contribution is -2.47. The number of urea groups is 1. The van der Waals surface area contributed by atoms with Crippen LogP contribution in [0.25, 0.3) is 0 Å². The average molecular weight is 273 g/mol. The Labute approximate surface area is 113 Å². The molecule has 0 aromatic heterocycles. The van der Waals surface area contributed by atoms with Gasteiger partial charge in [0, 0.05) is 26.6 Å². The fraction of sp³-hybridized carbons (Fsp3) is 0.750. The molecule has 0 aliphatic carbocycles. The summed E-state index contributed by atoms with van der Waals surface area (Å²) in [6, 6.07) is -0.408. The van der Waals surface area contributed by atoms with E-state index in [1.54, 1.807) is 20.8 Å². The van der Waals surface area contributed by atoms with Crippen molar-refractivity contribution in [3.05, 3.63) is 0 Å². The number of rotatable bonds is 7. The third-order valence-electron chi connectivity index (χ3n) is 2.67. The molecule has 0 saturated carbocycles. The Morgan fingerprint density at radius 3 is 2.26 bits per heavy atom. The van der Waals surface area contributed by atoms with Crippen LogP contribution in [0.5, 0.6) is 0 Å². The fourth-order valence-electron chi connectivity index (χ4n) is 1.42. The molecule has 110 valence electrons. The second-order valence-electron chi connectivity index (χ2n) is 5.23. The first-order valence-electron chi connectivity index (χ1n) is 6.14. The summed E-state index contributed by atoms with van der Waals surface area (Å²) in [6.45, 7) is 5.66. The first-order valence-corrected chi connectivity index (χ1v) is 6.14. The number of hydrogen-bond donors (Lipinski definition) is 4. The molecule has 0 aliphatic rings. The Bertz CT molecular complexity index is 342. The molecule has 0 saturated heterocycles. The molecule has 7 nitrogen and oxygen atoms in total. The van der Waals surface area contributed by atoms with Gasteiger partial charge < -0.3 is 21.1 Å². The van der Waals surface area contributed by atoms with Crippen LogP contribution in [0, 0.1) is 11.3 Å². The molecule has 0 aliphatic heterocycles. The molecule has 19 heavy (non-hydrogen) atoms. The van der Waals surface area contributed by atoms with E-state index in [2.05, 4.69) is 16.0 Å². The maximum atomic E-state index is 11.5. The second kappa shape index (κ2) is 7.60. The van der Waals surface area contributed by atoms with Crippen molar-refractivity contribution in [1.82, 2.24) is 16.0 Å². The molecule has 3 amide bonds. The molecule has 0 heterocycles. The molecule has 1 unspecified atom stereocenters. The van der Waals surface area contributed by atoms with Crippen LogP contribution < -0.4 is 16.0 Å². The highest BCUT2D eigenvalue weighted by atomic mass is 16.4. The summed E-state index contributed by atoms with van der Waals surface area (Å²) in [6.07, 6.45) is 0.00398. The lowest BCUT2D eigenvalue weighted by molar-refractivity contribution is -0.138. The number of aliphatic carboxylic acids is 1. The van der Waals surface area contributed by atoms with Gasteiger partial charge in [-0.2, -0.15) is 0 Å². The third kappa shape index (κ3) is 7.28. The van der Waals surface area contributed by atoms with Gasteiger partial charge in [0.05, 0.1) is 5.41 Å². The van der Waals surface area contributed by atoms with E-state index in [0.29, 0.717) is 0 Å². The minimum absolute atomic E-state index is 0.00398. The first-order chi connectivity index (χ1) is 8.69. The molecule has 7 heteroatoms. The number of hydrogen-bond acceptors (Lipinski definition) is 3. The lowest BCUT2D eigenvalue weighted by Gasteiger charge is -2.23. The van der Waals surface area contributed by atoms with E-state index in [0.717, 1.165) is 0 Å². The number of carbonyl (C=O) groups is 3. The van der Waals surface area contributed by atoms with Crippen LogP contribution in [0.1, 0.15) is 27.2 Å². The van der Waals surface area contributed by atoms with Crippen LogP contribution in [0.2, 0.25) is 0 Å². The zero-order valence-corrected chi connectivity index (χ0v) is 11.9. The van der Waals surface area contributed by atoms with Crippen molar-refractivity contribution in [2.75, 3.05) is 20.1 Å². The highest BCUT2D eigenvalue weighted by molar-refractivity contribution is 5.82. The molecular formula is C12H23N3O4. The Kier molecular flexibility index (Phi) is 6.89. The maximum absolute atomic E-state index is 11.5. The van der Waals surface area contributed by atoms with Crippen molar-refractivity contribution in [3.63, 3.8) is 0 Å². The maximum Gasteiger partial charge on any atom is 0.314 e. The van der Waals surface area contributed by atoms with Gasteiger partial charge in [-0.1, -0.05) is 6.92 Å². The number of nitrogens with one attached hydrogen (secondary N) is 3. The van der Waals surface area contributed by atoms with Crippen LogP contribution in [0.3, 0.4) is 0 Å². The van der Waals surface area contributed by atoms with Crippen LogP contribution in [-0.2, 0) is 9.59 Å². The van der Waals surface area contributed by atoms with E-state index in [9.17, 15) is 14.4 Å². The zero-order chi connectivity index (χ0) is 15.1. The Balaban J connectivity index is 4.00. The van der Waals surface area contributed by atoms with E-state index in [1.165, 1.54) is 7.05 Å². The Hall–Kier alpha value is -1.79. The van der Waals surface area contributed by atoms with E-state index >= 15 is 0 Å². The number of carboxylic acid groups (broad SMARTS) is 1. The van der Waals surface area contributed by atoms with Gasteiger partial charge in [-0.25, -0.2) is 4.79 Å². The molecule has 0 radical (unpaired) electrons. The van der Waals surface area contributed by atoms with Crippen molar-refractivity contribution in [2.24, 2.45) is 11.3 Å². The van der Waals surface area contributed by atoms with Gasteiger partial charge in [0.2, 0.25) is 5.91 Å². The molecule has 0 spiro atoms. The summed E-state index contributed by atoms with van der Waals surface area (Å²) in [7, 11) is 1.54. The van der Waals surface area contributed by atoms with Crippen molar-refractivity contribution in [3.8, 4) is 0 Å². The third-order valence-corrected chi connectivity index (χ3v) is 2.67. The van der Waals surface area contributed by atoms with Gasteiger partial charge in [-0.3, -0.25) is 9.59 Å². The summed E-state index contributed by atoms with van der Waals surface area (Å²) < 4.78 is 0. The molecule has 0 aromatic rings. The SMILES string of the molecule is CNC(=O)C(C)(C)CNC(=O)NCC(C)CC(=O)O. The predicted molar refractivity (Wildman–Crippen MR) is 70.7 cm³/mol. The molecule has 0 bridgehead atoms. The molecule has 0 fully saturated rings. The minimum atomic E-state index is -0.893. The van der Waals surface area contributed by atoms with E-state index in [4.69, 9.17) is 5.11 Å². The number of carbonyl (C=O) groups excluding carboxylic acids is 2. The summed E-state index contributed by atoms with van der Waals surface area (Å²) in [4.78, 5) is 33.4. The van der Waals surface area contributed by atoms with Crippen molar-refractivity contribution in [1.29, 1.82) is 0 Å². The zero-order valence-electron chi connectivity index (χ0n) is 11.9. The Morgan fingerprint density at radius 2 is 1.79 bits per heavy atom. The largest absolute Gasteiger partial charge is 0.481 e. The normalized spacial score (nSPS) is 12.4. The summed E-state index contributed by atoms with van der Waals surface area (Å²) >= 11 is 0. The number of amides is 3. The molecule has 0 rings (SSSR count). The number of carboxylic acids is 1. The molecule has 0 aromatic carbocycles. The van der Waals surface area contributed by atoms with Gasteiger partial charge in [0.1, 0.15) is 0 Å². The van der Waals surface area contributed by atoms with E-state index in [-0.39, 0.29) is 31.3 Å². The minimum Gasteiger partial charge on any atom is -0.481 e. The second-order valence-corrected chi connectivity index (χ2v) is 5.23. The summed E-state index contributed by atoms with van der Waals surface area (Å²) in [5.41, 5.74) is -0.696. The monoisotopic (exact) mass is 273 g/mol. The van der Waals surface area contributed by atoms with Gasteiger partial charge in [0.25, 0.3) is 0 Å². The highest BCUT2D eigenvalue weighted by Crippen LogP contribution is 2.12. The summed E-state index contributed by atoms with van der Waals surface area (Å²) in [5.74, 6) is -1.20. The Morgan fingerprint density at radius 1 is 1.21 bits per heavy atom. The topological polar surface area (TPSA) is 108 Å².